The van der Waals surface area contributed by atoms with E-state index in [1.54, 1.807) is 0 Å². The van der Waals surface area contributed by atoms with E-state index in [0.29, 0.717) is 25.9 Å². The van der Waals surface area contributed by atoms with Gasteiger partial charge in [-0.05, 0) is 54.4 Å². The van der Waals surface area contributed by atoms with Gasteiger partial charge in [-0.1, -0.05) is 0 Å². The van der Waals surface area contributed by atoms with Crippen LogP contribution in [0.15, 0.2) is 0 Å². The summed E-state index contributed by atoms with van der Waals surface area (Å²) in [5, 5.41) is 21.3. The molecule has 0 radical (unpaired) electrons. The van der Waals surface area contributed by atoms with Crippen LogP contribution in [0, 0.1) is 0 Å². The van der Waals surface area contributed by atoms with Crippen molar-refractivity contribution >= 4 is 24.0 Å². The van der Waals surface area contributed by atoms with Crippen molar-refractivity contribution in [3.8, 4) is 0 Å². The van der Waals surface area contributed by atoms with Gasteiger partial charge in [0.1, 0.15) is 12.1 Å². The summed E-state index contributed by atoms with van der Waals surface area (Å²) in [5.41, 5.74) is -0.608. The molecule has 13 nitrogen and oxygen atoms in total. The molecule has 2 fully saturated rings. The predicted octanol–water partition coefficient (Wildman–Crippen LogP) is -1.67. The Kier molecular flexibility index (Phi) is 17.0. The minimum absolute atomic E-state index is 0. The van der Waals surface area contributed by atoms with Crippen LogP contribution in [0.25, 0.3) is 0 Å². The van der Waals surface area contributed by atoms with Crippen molar-refractivity contribution in [2.45, 2.75) is 77.5 Å². The number of hydrogen-bond acceptors (Lipinski definition) is 8. The molecule has 194 valence electrons. The first-order valence-electron chi connectivity index (χ1n) is 10.2. The molecule has 2 atom stereocenters. The van der Waals surface area contributed by atoms with Crippen molar-refractivity contribution in [2.75, 3.05) is 27.3 Å². The standard InChI is InChI=1S/C10H18N2O3.C9H16N2O3.CH4O2.Li.H2O/c1-10(2,3)11-9(14)12-6-5-7(12)8(13)15-4;1-9(2,3)10-8(14)11-5-4-6(11)7(12)13;1-3-2;;/h7H,5-6H2,1-4H3,(H,11,14);6H,4-5H2,1-3H3,(H,10,14)(H,12,13);2H,1H3;;1H2/q;;;+1;/p-1/t7-;6-;;;/m00.../s1. The second-order valence-corrected chi connectivity index (χ2v) is 9.40. The number of likely N-dealkylation sites (tertiary alicyclic amines) is 2. The van der Waals surface area contributed by atoms with Crippen LogP contribution < -0.4 is 29.5 Å². The Morgan fingerprint density at radius 3 is 1.35 bits per heavy atom. The number of esters is 1. The molecule has 14 heteroatoms. The summed E-state index contributed by atoms with van der Waals surface area (Å²) >= 11 is 0. The first-order chi connectivity index (χ1) is 14.6. The van der Waals surface area contributed by atoms with Gasteiger partial charge >= 0.3 is 42.9 Å². The number of carbonyl (C=O) groups excluding carboxylic acids is 3. The van der Waals surface area contributed by atoms with Crippen LogP contribution in [0.4, 0.5) is 9.59 Å². The van der Waals surface area contributed by atoms with Crippen LogP contribution in [-0.4, -0.2) is 100 Å². The fraction of sp³-hybridized carbons (Fsp3) is 0.800. The Morgan fingerprint density at radius 1 is 0.824 bits per heavy atom. The van der Waals surface area contributed by atoms with Gasteiger partial charge in [0.05, 0.1) is 14.2 Å². The minimum Gasteiger partial charge on any atom is -0.870 e. The van der Waals surface area contributed by atoms with Crippen LogP contribution >= 0.6 is 0 Å². The normalized spacial score (nSPS) is 18.4. The van der Waals surface area contributed by atoms with Crippen LogP contribution in [0.3, 0.4) is 0 Å². The van der Waals surface area contributed by atoms with Gasteiger partial charge in [-0.2, -0.15) is 0 Å². The zero-order valence-electron chi connectivity index (χ0n) is 21.7. The van der Waals surface area contributed by atoms with E-state index in [2.05, 4.69) is 20.3 Å². The van der Waals surface area contributed by atoms with E-state index in [-0.39, 0.29) is 53.4 Å². The summed E-state index contributed by atoms with van der Waals surface area (Å²) in [7, 11) is 2.51. The van der Waals surface area contributed by atoms with E-state index in [1.165, 1.54) is 24.0 Å². The number of carboxylic acid groups (broad SMARTS) is 1. The molecule has 0 aromatic rings. The Balaban J connectivity index is -0.000000482. The van der Waals surface area contributed by atoms with Gasteiger partial charge in [-0.15, -0.1) is 0 Å². The molecule has 2 aliphatic heterocycles. The smallest absolute Gasteiger partial charge is 0.870 e. The summed E-state index contributed by atoms with van der Waals surface area (Å²) in [6.45, 7) is 12.4. The van der Waals surface area contributed by atoms with Gasteiger partial charge in [-0.25, -0.2) is 24.1 Å². The van der Waals surface area contributed by atoms with Crippen molar-refractivity contribution in [3.63, 3.8) is 0 Å². The molecule has 2 heterocycles. The minimum atomic E-state index is -0.930. The quantitative estimate of drug-likeness (QED) is 0.153. The van der Waals surface area contributed by atoms with Gasteiger partial charge in [-0.3, -0.25) is 5.26 Å². The van der Waals surface area contributed by atoms with Crippen molar-refractivity contribution in [3.05, 3.63) is 0 Å². The predicted molar refractivity (Wildman–Crippen MR) is 118 cm³/mol. The molecular weight excluding hydrogens is 447 g/mol. The molecule has 0 aliphatic carbocycles. The number of carbonyl (C=O) groups is 4. The molecule has 5 N–H and O–H groups in total. The maximum absolute atomic E-state index is 11.7. The number of nitrogens with one attached hydrogen (secondary N) is 2. The number of amides is 4. The Labute approximate surface area is 212 Å². The number of urea groups is 2. The molecule has 4 amide bonds. The molecule has 0 aromatic carbocycles. The summed E-state index contributed by atoms with van der Waals surface area (Å²) in [5.74, 6) is -1.27. The molecule has 0 spiro atoms. The van der Waals surface area contributed by atoms with E-state index in [0.717, 1.165) is 0 Å². The maximum Gasteiger partial charge on any atom is 1.00 e. The van der Waals surface area contributed by atoms with Crippen LogP contribution in [0.1, 0.15) is 54.4 Å². The first-order valence-corrected chi connectivity index (χ1v) is 10.2. The molecule has 0 aromatic heterocycles. The van der Waals surface area contributed by atoms with Gasteiger partial charge in [0, 0.05) is 24.2 Å². The zero-order valence-corrected chi connectivity index (χ0v) is 21.7. The molecule has 2 aliphatic rings. The van der Waals surface area contributed by atoms with Crippen LogP contribution in [-0.2, 0) is 19.2 Å². The number of hydrogen-bond donors (Lipinski definition) is 4. The van der Waals surface area contributed by atoms with Crippen molar-refractivity contribution in [1.29, 1.82) is 0 Å². The average Bonchev–Trinajstić information content (AvgIpc) is 2.49. The zero-order chi connectivity index (χ0) is 25.3. The summed E-state index contributed by atoms with van der Waals surface area (Å²) in [4.78, 5) is 51.1. The second kappa shape index (κ2) is 15.8. The van der Waals surface area contributed by atoms with Gasteiger partial charge < -0.3 is 35.8 Å². The van der Waals surface area contributed by atoms with E-state index < -0.39 is 18.1 Å². The Morgan fingerprint density at radius 2 is 1.15 bits per heavy atom. The molecule has 2 rings (SSSR count). The van der Waals surface area contributed by atoms with E-state index in [1.807, 2.05) is 41.5 Å². The fourth-order valence-electron chi connectivity index (χ4n) is 2.68. The maximum atomic E-state index is 11.7. The van der Waals surface area contributed by atoms with Gasteiger partial charge in [0.2, 0.25) is 0 Å². The topological polar surface area (TPSA) is 188 Å². The molecular formula is C20H39LiN4O9. The third-order valence-electron chi connectivity index (χ3n) is 4.28. The first kappa shape index (κ1) is 36.5. The second-order valence-electron chi connectivity index (χ2n) is 9.40. The number of nitrogens with zero attached hydrogens (tertiary/aromatic N) is 2. The summed E-state index contributed by atoms with van der Waals surface area (Å²) < 4.78 is 4.60. The Hall–Kier alpha value is -2.04. The molecule has 0 saturated carbocycles. The van der Waals surface area contributed by atoms with Gasteiger partial charge in [0.15, 0.2) is 0 Å². The average molecular weight is 486 g/mol. The van der Waals surface area contributed by atoms with Crippen LogP contribution in [0.2, 0.25) is 0 Å². The van der Waals surface area contributed by atoms with Crippen molar-refractivity contribution < 1.29 is 63.5 Å². The third-order valence-corrected chi connectivity index (χ3v) is 4.28. The number of aliphatic carboxylic acids is 1. The number of carboxylic acids is 1. The van der Waals surface area contributed by atoms with Crippen molar-refractivity contribution in [2.24, 2.45) is 0 Å². The van der Waals surface area contributed by atoms with Gasteiger partial charge in [0.25, 0.3) is 0 Å². The summed E-state index contributed by atoms with van der Waals surface area (Å²) in [6.07, 6.45) is 1.23. The summed E-state index contributed by atoms with van der Waals surface area (Å²) in [6, 6.07) is -1.55. The SMILES string of the molecule is CC(C)(C)NC(=O)N1CC[C@H]1C(=O)O.COC(=O)[C@@H]1CCN1C(=O)NC(C)(C)C.COO.[Li+].[OH-]. The Bertz CT molecular complexity index is 665. The molecule has 2 saturated heterocycles. The van der Waals surface area contributed by atoms with E-state index in [4.69, 9.17) is 10.4 Å². The largest absolute Gasteiger partial charge is 1.00 e. The van der Waals surface area contributed by atoms with Crippen LogP contribution in [0.5, 0.6) is 0 Å². The van der Waals surface area contributed by atoms with E-state index >= 15 is 0 Å². The molecule has 0 unspecified atom stereocenters. The number of rotatable bonds is 2. The molecule has 0 bridgehead atoms. The third kappa shape index (κ3) is 13.0. The monoisotopic (exact) mass is 486 g/mol. The van der Waals surface area contributed by atoms with Crippen molar-refractivity contribution in [1.82, 2.24) is 20.4 Å². The fourth-order valence-corrected chi connectivity index (χ4v) is 2.68. The number of ether oxygens (including phenoxy) is 1. The van der Waals surface area contributed by atoms with E-state index in [9.17, 15) is 19.2 Å². The molecule has 34 heavy (non-hydrogen) atoms. The number of methoxy groups -OCH3 is 1.